The van der Waals surface area contributed by atoms with Gasteiger partial charge in [-0.15, -0.1) is 0 Å². The summed E-state index contributed by atoms with van der Waals surface area (Å²) in [5, 5.41) is 3.21. The van der Waals surface area contributed by atoms with E-state index in [0.717, 1.165) is 11.1 Å². The number of benzene rings is 2. The van der Waals surface area contributed by atoms with Gasteiger partial charge in [-0.25, -0.2) is 13.4 Å². The maximum absolute atomic E-state index is 12.5. The van der Waals surface area contributed by atoms with Crippen molar-refractivity contribution in [2.45, 2.75) is 31.2 Å². The van der Waals surface area contributed by atoms with Crippen molar-refractivity contribution in [1.82, 2.24) is 4.98 Å². The Morgan fingerprint density at radius 3 is 2.22 bits per heavy atom. The molecule has 0 saturated heterocycles. The number of sulfonamides is 1. The lowest BCUT2D eigenvalue weighted by molar-refractivity contribution is 0.601. The number of rotatable bonds is 7. The zero-order valence-corrected chi connectivity index (χ0v) is 16.2. The number of nitrogens with zero attached hydrogens (tertiary/aromatic N) is 1. The van der Waals surface area contributed by atoms with Crippen LogP contribution >= 0.6 is 0 Å². The van der Waals surface area contributed by atoms with Crippen LogP contribution in [0.3, 0.4) is 0 Å². The molecule has 140 valence electrons. The smallest absolute Gasteiger partial charge is 0.261 e. The first kappa shape index (κ1) is 18.9. The van der Waals surface area contributed by atoms with Gasteiger partial charge >= 0.3 is 0 Å². The number of pyridine rings is 1. The van der Waals surface area contributed by atoms with Crippen LogP contribution in [0.4, 0.5) is 11.5 Å². The Morgan fingerprint density at radius 2 is 1.63 bits per heavy atom. The van der Waals surface area contributed by atoms with E-state index in [9.17, 15) is 8.42 Å². The highest BCUT2D eigenvalue weighted by Crippen LogP contribution is 2.20. The lowest BCUT2D eigenvalue weighted by atomic mass is 10.0. The molecule has 0 aliphatic heterocycles. The molecule has 0 fully saturated rings. The zero-order chi connectivity index (χ0) is 19.3. The first-order chi connectivity index (χ1) is 12.9. The van der Waals surface area contributed by atoms with E-state index in [4.69, 9.17) is 0 Å². The average molecular weight is 382 g/mol. The van der Waals surface area contributed by atoms with Crippen molar-refractivity contribution in [3.05, 3.63) is 84.1 Å². The minimum Gasteiger partial charge on any atom is -0.366 e. The lowest BCUT2D eigenvalue weighted by Crippen LogP contribution is -2.13. The fraction of sp³-hybridized carbons (Fsp3) is 0.190. The van der Waals surface area contributed by atoms with Crippen molar-refractivity contribution < 1.29 is 8.42 Å². The fourth-order valence-corrected chi connectivity index (χ4v) is 3.64. The summed E-state index contributed by atoms with van der Waals surface area (Å²) in [6, 6.07) is 20.4. The number of hydrogen-bond donors (Lipinski definition) is 2. The third kappa shape index (κ3) is 5.08. The molecule has 0 bridgehead atoms. The Balaban J connectivity index is 1.64. The Morgan fingerprint density at radius 1 is 0.926 bits per heavy atom. The van der Waals surface area contributed by atoms with Gasteiger partial charge in [-0.1, -0.05) is 56.3 Å². The minimum atomic E-state index is -3.63. The molecule has 6 heteroatoms. The largest absolute Gasteiger partial charge is 0.366 e. The summed E-state index contributed by atoms with van der Waals surface area (Å²) in [5.41, 5.74) is 2.67. The molecule has 0 spiro atoms. The molecule has 0 amide bonds. The van der Waals surface area contributed by atoms with Gasteiger partial charge in [0.1, 0.15) is 5.82 Å². The van der Waals surface area contributed by atoms with E-state index in [2.05, 4.69) is 28.9 Å². The van der Waals surface area contributed by atoms with Gasteiger partial charge < -0.3 is 5.32 Å². The third-order valence-corrected chi connectivity index (χ3v) is 5.59. The third-order valence-electron chi connectivity index (χ3n) is 4.19. The molecule has 0 aliphatic rings. The van der Waals surface area contributed by atoms with Crippen LogP contribution in [0, 0.1) is 0 Å². The summed E-state index contributed by atoms with van der Waals surface area (Å²) >= 11 is 0. The Labute approximate surface area is 160 Å². The number of nitrogens with one attached hydrogen (secondary N) is 2. The Bertz CT molecular complexity index is 968. The van der Waals surface area contributed by atoms with E-state index in [1.54, 1.807) is 24.3 Å². The quantitative estimate of drug-likeness (QED) is 0.626. The van der Waals surface area contributed by atoms with E-state index in [1.807, 2.05) is 42.5 Å². The molecule has 1 heterocycles. The molecule has 2 N–H and O–H groups in total. The van der Waals surface area contributed by atoms with Gasteiger partial charge in [-0.3, -0.25) is 4.72 Å². The normalized spacial score (nSPS) is 11.4. The van der Waals surface area contributed by atoms with Crippen LogP contribution in [0.25, 0.3) is 0 Å². The summed E-state index contributed by atoms with van der Waals surface area (Å²) in [4.78, 5) is 4.51. The maximum Gasteiger partial charge on any atom is 0.261 e. The molecule has 0 radical (unpaired) electrons. The van der Waals surface area contributed by atoms with Gasteiger partial charge in [0.05, 0.1) is 16.8 Å². The lowest BCUT2D eigenvalue weighted by Gasteiger charge is -2.11. The van der Waals surface area contributed by atoms with E-state index >= 15 is 0 Å². The predicted molar refractivity (Wildman–Crippen MR) is 109 cm³/mol. The molecule has 0 unspecified atom stereocenters. The highest BCUT2D eigenvalue weighted by molar-refractivity contribution is 7.92. The SMILES string of the molecule is CC(C)c1ccc(S(=O)(=O)Nc2ccc(NCc3ccccc3)nc2)cc1. The van der Waals surface area contributed by atoms with Crippen molar-refractivity contribution in [2.75, 3.05) is 10.0 Å². The van der Waals surface area contributed by atoms with Gasteiger partial charge in [-0.05, 0) is 41.3 Å². The van der Waals surface area contributed by atoms with Gasteiger partial charge in [0.15, 0.2) is 0 Å². The Kier molecular flexibility index (Phi) is 5.76. The zero-order valence-electron chi connectivity index (χ0n) is 15.4. The summed E-state index contributed by atoms with van der Waals surface area (Å²) in [6.07, 6.45) is 1.51. The molecule has 0 saturated carbocycles. The van der Waals surface area contributed by atoms with Crippen molar-refractivity contribution in [3.63, 3.8) is 0 Å². The standard InChI is InChI=1S/C21H23N3O2S/c1-16(2)18-8-11-20(12-9-18)27(25,26)24-19-10-13-21(23-15-19)22-14-17-6-4-3-5-7-17/h3-13,15-16,24H,14H2,1-2H3,(H,22,23). The first-order valence-corrected chi connectivity index (χ1v) is 10.3. The van der Waals surface area contributed by atoms with Crippen LogP contribution in [0.5, 0.6) is 0 Å². The molecule has 1 aromatic heterocycles. The molecular formula is C21H23N3O2S. The van der Waals surface area contributed by atoms with Gasteiger partial charge in [0.25, 0.3) is 10.0 Å². The Hall–Kier alpha value is -2.86. The second kappa shape index (κ2) is 8.22. The number of hydrogen-bond acceptors (Lipinski definition) is 4. The molecular weight excluding hydrogens is 358 g/mol. The van der Waals surface area contributed by atoms with Crippen molar-refractivity contribution in [2.24, 2.45) is 0 Å². The molecule has 2 aromatic carbocycles. The molecule has 0 atom stereocenters. The van der Waals surface area contributed by atoms with E-state index < -0.39 is 10.0 Å². The highest BCUT2D eigenvalue weighted by atomic mass is 32.2. The second-order valence-corrected chi connectivity index (χ2v) is 8.28. The number of anilines is 2. The van der Waals surface area contributed by atoms with Gasteiger partial charge in [0, 0.05) is 6.54 Å². The van der Waals surface area contributed by atoms with Crippen molar-refractivity contribution in [3.8, 4) is 0 Å². The fourth-order valence-electron chi connectivity index (χ4n) is 2.59. The summed E-state index contributed by atoms with van der Waals surface area (Å²) in [6.45, 7) is 4.79. The van der Waals surface area contributed by atoms with Crippen LogP contribution in [0.1, 0.15) is 30.9 Å². The topological polar surface area (TPSA) is 71.1 Å². The van der Waals surface area contributed by atoms with E-state index in [-0.39, 0.29) is 4.90 Å². The summed E-state index contributed by atoms with van der Waals surface area (Å²) in [7, 11) is -3.63. The first-order valence-electron chi connectivity index (χ1n) is 8.81. The second-order valence-electron chi connectivity index (χ2n) is 6.60. The molecule has 3 rings (SSSR count). The van der Waals surface area contributed by atoms with Gasteiger partial charge in [0.2, 0.25) is 0 Å². The highest BCUT2D eigenvalue weighted by Gasteiger charge is 2.14. The van der Waals surface area contributed by atoms with E-state index in [0.29, 0.717) is 24.0 Å². The molecule has 0 aliphatic carbocycles. The van der Waals surface area contributed by atoms with Crippen LogP contribution in [0.15, 0.2) is 77.8 Å². The minimum absolute atomic E-state index is 0.234. The van der Waals surface area contributed by atoms with Crippen LogP contribution in [0.2, 0.25) is 0 Å². The van der Waals surface area contributed by atoms with Crippen molar-refractivity contribution in [1.29, 1.82) is 0 Å². The van der Waals surface area contributed by atoms with Crippen LogP contribution in [-0.2, 0) is 16.6 Å². The average Bonchev–Trinajstić information content (AvgIpc) is 2.68. The van der Waals surface area contributed by atoms with Gasteiger partial charge in [-0.2, -0.15) is 0 Å². The molecule has 27 heavy (non-hydrogen) atoms. The molecule has 3 aromatic rings. The van der Waals surface area contributed by atoms with Crippen LogP contribution < -0.4 is 10.0 Å². The van der Waals surface area contributed by atoms with Crippen LogP contribution in [-0.4, -0.2) is 13.4 Å². The monoisotopic (exact) mass is 381 g/mol. The summed E-state index contributed by atoms with van der Waals surface area (Å²) < 4.78 is 27.6. The maximum atomic E-state index is 12.5. The van der Waals surface area contributed by atoms with Crippen molar-refractivity contribution >= 4 is 21.5 Å². The predicted octanol–water partition coefficient (Wildman–Crippen LogP) is 4.62. The molecule has 5 nitrogen and oxygen atoms in total. The number of aromatic nitrogens is 1. The summed E-state index contributed by atoms with van der Waals surface area (Å²) in [5.74, 6) is 1.04. The van der Waals surface area contributed by atoms with E-state index in [1.165, 1.54) is 6.20 Å².